The number of likely N-dealkylation sites (tertiary alicyclic amines) is 1. The van der Waals surface area contributed by atoms with Crippen LogP contribution in [0.5, 0.6) is 0 Å². The highest BCUT2D eigenvalue weighted by molar-refractivity contribution is 6.03. The fourth-order valence-electron chi connectivity index (χ4n) is 3.65. The van der Waals surface area contributed by atoms with Gasteiger partial charge in [0.15, 0.2) is 0 Å². The lowest BCUT2D eigenvalue weighted by atomic mass is 9.87. The Labute approximate surface area is 176 Å². The number of benzene rings is 1. The standard InChI is InChI=1S/C25H36N2O2/c1-7-20(23-10-8-9-17-27(23)19(3)28)12-11-18(2)24(29)26-22-15-13-21(14-16-22)25(4,5)6/h7,11-16,19,23,28H,1,8-10,17H2,2-6H3,(H,26,29)/b18-11+,20-12+. The molecule has 0 aromatic heterocycles. The number of nitrogens with one attached hydrogen (secondary N) is 1. The van der Waals surface area contributed by atoms with Gasteiger partial charge in [0.2, 0.25) is 0 Å². The van der Waals surface area contributed by atoms with Crippen molar-refractivity contribution in [3.05, 3.63) is 65.8 Å². The van der Waals surface area contributed by atoms with E-state index in [9.17, 15) is 9.90 Å². The van der Waals surface area contributed by atoms with Crippen molar-refractivity contribution in [3.8, 4) is 0 Å². The number of aliphatic hydroxyl groups is 1. The Hall–Kier alpha value is -2.17. The number of hydrogen-bond donors (Lipinski definition) is 2. The first kappa shape index (κ1) is 23.1. The Kier molecular flexibility index (Phi) is 8.00. The van der Waals surface area contributed by atoms with Gasteiger partial charge in [0.25, 0.3) is 5.91 Å². The summed E-state index contributed by atoms with van der Waals surface area (Å²) in [6.07, 6.45) is 8.35. The molecular weight excluding hydrogens is 360 g/mol. The van der Waals surface area contributed by atoms with Gasteiger partial charge in [0.1, 0.15) is 6.23 Å². The van der Waals surface area contributed by atoms with Gasteiger partial charge in [-0.3, -0.25) is 9.69 Å². The highest BCUT2D eigenvalue weighted by atomic mass is 16.3. The largest absolute Gasteiger partial charge is 0.379 e. The average Bonchev–Trinajstić information content (AvgIpc) is 2.68. The SMILES string of the molecule is C=C/C(=C\C=C(/C)C(=O)Nc1ccc(C(C)(C)C)cc1)C1CCCCN1C(C)O. The maximum Gasteiger partial charge on any atom is 0.251 e. The molecule has 4 nitrogen and oxygen atoms in total. The van der Waals surface area contributed by atoms with E-state index in [0.29, 0.717) is 5.57 Å². The highest BCUT2D eigenvalue weighted by Crippen LogP contribution is 2.26. The monoisotopic (exact) mass is 396 g/mol. The Balaban J connectivity index is 2.09. The van der Waals surface area contributed by atoms with Gasteiger partial charge in [-0.1, -0.05) is 64.1 Å². The molecule has 0 spiro atoms. The van der Waals surface area contributed by atoms with E-state index in [0.717, 1.165) is 37.1 Å². The molecule has 0 saturated carbocycles. The molecule has 1 aromatic rings. The fourth-order valence-corrected chi connectivity index (χ4v) is 3.65. The molecule has 4 heteroatoms. The molecular formula is C25H36N2O2. The minimum absolute atomic E-state index is 0.0866. The van der Waals surface area contributed by atoms with Crippen LogP contribution in [0, 0.1) is 0 Å². The molecule has 158 valence electrons. The van der Waals surface area contributed by atoms with Crippen molar-refractivity contribution < 1.29 is 9.90 Å². The van der Waals surface area contributed by atoms with E-state index in [1.165, 1.54) is 5.56 Å². The summed E-state index contributed by atoms with van der Waals surface area (Å²) in [5.41, 5.74) is 3.77. The van der Waals surface area contributed by atoms with Crippen molar-refractivity contribution in [3.63, 3.8) is 0 Å². The Morgan fingerprint density at radius 1 is 1.24 bits per heavy atom. The number of carbonyl (C=O) groups excluding carboxylic acids is 1. The third-order valence-electron chi connectivity index (χ3n) is 5.54. The topological polar surface area (TPSA) is 52.6 Å². The summed E-state index contributed by atoms with van der Waals surface area (Å²) in [7, 11) is 0. The summed E-state index contributed by atoms with van der Waals surface area (Å²) in [5, 5.41) is 13.0. The van der Waals surface area contributed by atoms with Crippen LogP contribution < -0.4 is 5.32 Å². The van der Waals surface area contributed by atoms with Crippen LogP contribution in [0.2, 0.25) is 0 Å². The summed E-state index contributed by atoms with van der Waals surface area (Å²) in [5.74, 6) is -0.121. The Morgan fingerprint density at radius 3 is 2.45 bits per heavy atom. The molecule has 2 unspecified atom stereocenters. The summed E-state index contributed by atoms with van der Waals surface area (Å²) >= 11 is 0. The van der Waals surface area contributed by atoms with Crippen molar-refractivity contribution in [2.45, 2.75) is 71.6 Å². The van der Waals surface area contributed by atoms with Gasteiger partial charge < -0.3 is 10.4 Å². The summed E-state index contributed by atoms with van der Waals surface area (Å²) in [6, 6.07) is 8.13. The van der Waals surface area contributed by atoms with Crippen molar-refractivity contribution in [2.75, 3.05) is 11.9 Å². The van der Waals surface area contributed by atoms with Crippen molar-refractivity contribution in [2.24, 2.45) is 0 Å². The Morgan fingerprint density at radius 2 is 1.90 bits per heavy atom. The van der Waals surface area contributed by atoms with Gasteiger partial charge in [-0.2, -0.15) is 0 Å². The number of aliphatic hydroxyl groups excluding tert-OH is 1. The maximum atomic E-state index is 12.6. The van der Waals surface area contributed by atoms with Gasteiger partial charge in [0.05, 0.1) is 0 Å². The molecule has 2 N–H and O–H groups in total. The van der Waals surface area contributed by atoms with Crippen molar-refractivity contribution in [1.82, 2.24) is 4.90 Å². The van der Waals surface area contributed by atoms with E-state index in [1.807, 2.05) is 37.3 Å². The quantitative estimate of drug-likeness (QED) is 0.515. The van der Waals surface area contributed by atoms with Gasteiger partial charge in [-0.15, -0.1) is 0 Å². The first-order valence-corrected chi connectivity index (χ1v) is 10.5. The van der Waals surface area contributed by atoms with E-state index in [2.05, 4.69) is 49.7 Å². The summed E-state index contributed by atoms with van der Waals surface area (Å²) in [6.45, 7) is 14.9. The number of hydrogen-bond acceptors (Lipinski definition) is 3. The van der Waals surface area contributed by atoms with Gasteiger partial charge in [-0.05, 0) is 55.4 Å². The van der Waals surface area contributed by atoms with Crippen LogP contribution in [0.3, 0.4) is 0 Å². The minimum atomic E-state index is -0.493. The van der Waals surface area contributed by atoms with Crippen LogP contribution in [0.25, 0.3) is 0 Å². The van der Waals surface area contributed by atoms with E-state index >= 15 is 0 Å². The highest BCUT2D eigenvalue weighted by Gasteiger charge is 2.27. The minimum Gasteiger partial charge on any atom is -0.379 e. The lowest BCUT2D eigenvalue weighted by Gasteiger charge is -2.38. The number of amides is 1. The molecule has 1 heterocycles. The number of anilines is 1. The molecule has 0 bridgehead atoms. The second-order valence-corrected chi connectivity index (χ2v) is 8.88. The molecule has 1 aliphatic heterocycles. The molecule has 2 rings (SSSR count). The first-order valence-electron chi connectivity index (χ1n) is 10.5. The normalized spacial score (nSPS) is 20.3. The van der Waals surface area contributed by atoms with Crippen molar-refractivity contribution in [1.29, 1.82) is 0 Å². The van der Waals surface area contributed by atoms with Gasteiger partial charge >= 0.3 is 0 Å². The molecule has 1 saturated heterocycles. The second kappa shape index (κ2) is 10.0. The van der Waals surface area contributed by atoms with Crippen LogP contribution in [-0.2, 0) is 10.2 Å². The zero-order chi connectivity index (χ0) is 21.6. The van der Waals surface area contributed by atoms with Crippen LogP contribution >= 0.6 is 0 Å². The number of rotatable bonds is 6. The van der Waals surface area contributed by atoms with E-state index < -0.39 is 6.23 Å². The molecule has 2 atom stereocenters. The fraction of sp³-hybridized carbons (Fsp3) is 0.480. The first-order chi connectivity index (χ1) is 13.6. The predicted octanol–water partition coefficient (Wildman–Crippen LogP) is 5.17. The lowest BCUT2D eigenvalue weighted by Crippen LogP contribution is -2.45. The average molecular weight is 397 g/mol. The molecule has 1 aromatic carbocycles. The number of carbonyl (C=O) groups is 1. The number of nitrogens with zero attached hydrogens (tertiary/aromatic N) is 1. The van der Waals surface area contributed by atoms with Crippen LogP contribution in [0.4, 0.5) is 5.69 Å². The summed E-state index contributed by atoms with van der Waals surface area (Å²) in [4.78, 5) is 14.7. The zero-order valence-corrected chi connectivity index (χ0v) is 18.5. The zero-order valence-electron chi connectivity index (χ0n) is 18.5. The molecule has 1 fully saturated rings. The second-order valence-electron chi connectivity index (χ2n) is 8.88. The van der Waals surface area contributed by atoms with Crippen LogP contribution in [0.15, 0.2) is 60.2 Å². The van der Waals surface area contributed by atoms with E-state index in [-0.39, 0.29) is 17.4 Å². The Bertz CT molecular complexity index is 767. The van der Waals surface area contributed by atoms with Crippen LogP contribution in [-0.4, -0.2) is 34.7 Å². The molecule has 0 aliphatic carbocycles. The lowest BCUT2D eigenvalue weighted by molar-refractivity contribution is -0.112. The van der Waals surface area contributed by atoms with E-state index in [1.54, 1.807) is 6.92 Å². The van der Waals surface area contributed by atoms with Crippen molar-refractivity contribution >= 4 is 11.6 Å². The number of piperidine rings is 1. The molecule has 1 aliphatic rings. The third-order valence-corrected chi connectivity index (χ3v) is 5.54. The van der Waals surface area contributed by atoms with Gasteiger partial charge in [0, 0.05) is 23.8 Å². The molecule has 1 amide bonds. The molecule has 0 radical (unpaired) electrons. The number of allylic oxidation sites excluding steroid dienone is 2. The van der Waals surface area contributed by atoms with Crippen LogP contribution in [0.1, 0.15) is 59.4 Å². The van der Waals surface area contributed by atoms with E-state index in [4.69, 9.17) is 0 Å². The smallest absolute Gasteiger partial charge is 0.251 e. The summed E-state index contributed by atoms with van der Waals surface area (Å²) < 4.78 is 0. The molecule has 29 heavy (non-hydrogen) atoms. The predicted molar refractivity (Wildman–Crippen MR) is 122 cm³/mol. The maximum absolute atomic E-state index is 12.6. The van der Waals surface area contributed by atoms with Gasteiger partial charge in [-0.25, -0.2) is 0 Å². The third kappa shape index (κ3) is 6.41.